The number of hydrogen-bond acceptors (Lipinski definition) is 8. The maximum atomic E-state index is 14.5. The molecule has 0 unspecified atom stereocenters. The van der Waals surface area contributed by atoms with Gasteiger partial charge in [0.15, 0.2) is 11.3 Å². The number of pyridine rings is 1. The van der Waals surface area contributed by atoms with Gasteiger partial charge in [-0.05, 0) is 48.2 Å². The molecule has 1 aliphatic carbocycles. The zero-order valence-electron chi connectivity index (χ0n) is 20.8. The van der Waals surface area contributed by atoms with Crippen molar-refractivity contribution in [1.29, 1.82) is 5.41 Å². The third-order valence-corrected chi connectivity index (χ3v) is 6.50. The van der Waals surface area contributed by atoms with Crippen LogP contribution in [0.2, 0.25) is 0 Å². The molecule has 1 aliphatic rings. The van der Waals surface area contributed by atoms with E-state index in [4.69, 9.17) is 10.1 Å². The van der Waals surface area contributed by atoms with Gasteiger partial charge in [0.25, 0.3) is 5.91 Å². The summed E-state index contributed by atoms with van der Waals surface area (Å²) in [5.74, 6) is 0.767. The largest absolute Gasteiger partial charge is 0.481 e. The number of benzene rings is 1. The molecule has 10 nitrogen and oxygen atoms in total. The van der Waals surface area contributed by atoms with Gasteiger partial charge in [-0.3, -0.25) is 4.79 Å². The maximum Gasteiger partial charge on any atom is 0.272 e. The number of H-pyrrole nitrogens is 1. The van der Waals surface area contributed by atoms with Gasteiger partial charge in [0.05, 0.1) is 19.0 Å². The number of amides is 1. The topological polar surface area (TPSA) is 142 Å². The van der Waals surface area contributed by atoms with Crippen LogP contribution in [0.3, 0.4) is 0 Å². The second kappa shape index (κ2) is 11.2. The zero-order chi connectivity index (χ0) is 26.5. The van der Waals surface area contributed by atoms with E-state index in [1.807, 2.05) is 0 Å². The van der Waals surface area contributed by atoms with Gasteiger partial charge < -0.3 is 25.8 Å². The first-order valence-electron chi connectivity index (χ1n) is 12.3. The smallest absolute Gasteiger partial charge is 0.272 e. The molecule has 194 valence electrons. The number of rotatable bonds is 9. The van der Waals surface area contributed by atoms with Gasteiger partial charge in [0.1, 0.15) is 23.5 Å². The summed E-state index contributed by atoms with van der Waals surface area (Å²) in [7, 11) is 1.53. The molecule has 0 bridgehead atoms. The number of aromatic nitrogens is 5. The van der Waals surface area contributed by atoms with Crippen molar-refractivity contribution in [3.05, 3.63) is 77.5 Å². The van der Waals surface area contributed by atoms with Crippen LogP contribution in [0.15, 0.2) is 49.1 Å². The molecule has 4 N–H and O–H groups in total. The Labute approximate surface area is 218 Å². The Morgan fingerprint density at radius 3 is 2.79 bits per heavy atom. The normalized spacial score (nSPS) is 14.0. The molecule has 1 saturated carbocycles. The fourth-order valence-electron chi connectivity index (χ4n) is 4.55. The molecule has 0 aliphatic heterocycles. The second-order valence-corrected chi connectivity index (χ2v) is 9.03. The first kappa shape index (κ1) is 25.0. The van der Waals surface area contributed by atoms with Crippen LogP contribution in [-0.2, 0) is 6.54 Å². The Morgan fingerprint density at radius 2 is 2.05 bits per heavy atom. The summed E-state index contributed by atoms with van der Waals surface area (Å²) < 4.78 is 19.5. The highest BCUT2D eigenvalue weighted by atomic mass is 19.1. The van der Waals surface area contributed by atoms with Gasteiger partial charge in [0, 0.05) is 36.5 Å². The van der Waals surface area contributed by atoms with Gasteiger partial charge in [-0.25, -0.2) is 24.3 Å². The van der Waals surface area contributed by atoms with Crippen molar-refractivity contribution in [2.45, 2.75) is 38.1 Å². The summed E-state index contributed by atoms with van der Waals surface area (Å²) in [5, 5.41) is 13.7. The fourth-order valence-corrected chi connectivity index (χ4v) is 4.55. The Kier molecular flexibility index (Phi) is 7.34. The molecule has 1 aromatic carbocycles. The van der Waals surface area contributed by atoms with Crippen molar-refractivity contribution in [1.82, 2.24) is 30.2 Å². The molecule has 0 radical (unpaired) electrons. The van der Waals surface area contributed by atoms with Gasteiger partial charge in [-0.2, -0.15) is 0 Å². The summed E-state index contributed by atoms with van der Waals surface area (Å²) in [4.78, 5) is 33.3. The number of fused-ring (bicyclic) bond motifs is 1. The van der Waals surface area contributed by atoms with Gasteiger partial charge >= 0.3 is 0 Å². The monoisotopic (exact) mass is 514 g/mol. The number of allylic oxidation sites excluding steroid dienone is 1. The lowest BCUT2D eigenvalue weighted by molar-refractivity contribution is 0.0947. The molecule has 1 fully saturated rings. The van der Waals surface area contributed by atoms with Crippen molar-refractivity contribution in [3.63, 3.8) is 0 Å². The van der Waals surface area contributed by atoms with Crippen LogP contribution in [0.4, 0.5) is 10.1 Å². The Balaban J connectivity index is 1.30. The molecule has 38 heavy (non-hydrogen) atoms. The first-order chi connectivity index (χ1) is 18.5. The number of carbonyl (C=O) groups excluding carboxylic acids is 1. The maximum absolute atomic E-state index is 14.5. The highest BCUT2D eigenvalue weighted by molar-refractivity contribution is 6.08. The quantitative estimate of drug-likeness (QED) is 0.239. The van der Waals surface area contributed by atoms with E-state index in [-0.39, 0.29) is 12.2 Å². The minimum Gasteiger partial charge on any atom is -0.481 e. The Bertz CT molecular complexity index is 1490. The Morgan fingerprint density at radius 1 is 1.21 bits per heavy atom. The molecule has 11 heteroatoms. The van der Waals surface area contributed by atoms with Crippen molar-refractivity contribution >= 4 is 34.5 Å². The number of halogens is 1. The molecule has 4 aromatic rings. The lowest BCUT2D eigenvalue weighted by Gasteiger charge is -2.10. The van der Waals surface area contributed by atoms with Crippen molar-refractivity contribution in [2.24, 2.45) is 0 Å². The molecule has 5 rings (SSSR count). The molecule has 0 atom stereocenters. The van der Waals surface area contributed by atoms with E-state index in [1.54, 1.807) is 30.6 Å². The SMILES string of the molecule is COc1ccc(N/C=C(\C=N)c2cc(F)cc(CNC(=O)c3ncnc4nc(C5CCCC5)[nH]c34)c2)cn1. The zero-order valence-corrected chi connectivity index (χ0v) is 20.8. The van der Waals surface area contributed by atoms with Crippen LogP contribution in [0.25, 0.3) is 16.7 Å². The minimum absolute atomic E-state index is 0.0693. The average molecular weight is 515 g/mol. The Hall–Kier alpha value is -4.67. The van der Waals surface area contributed by atoms with E-state index in [1.165, 1.54) is 38.4 Å². The summed E-state index contributed by atoms with van der Waals surface area (Å²) >= 11 is 0. The van der Waals surface area contributed by atoms with Crippen molar-refractivity contribution < 1.29 is 13.9 Å². The standard InChI is InChI=1S/C27H27FN8O2/c1-38-22-7-6-21(14-31-22)30-13-19(11-29)18-8-16(9-20(28)10-18)12-32-27(37)24-23-26(34-15-33-24)36-25(35-23)17-4-2-3-5-17/h6-11,13-15,17,29-30H,2-5,12H2,1H3,(H,32,37)(H,33,34,35,36)/b19-13+,29-11?. The predicted molar refractivity (Wildman–Crippen MR) is 142 cm³/mol. The van der Waals surface area contributed by atoms with Crippen LogP contribution in [0.5, 0.6) is 5.88 Å². The number of nitrogens with zero attached hydrogens (tertiary/aromatic N) is 4. The molecular weight excluding hydrogens is 487 g/mol. The molecule has 0 saturated heterocycles. The van der Waals surface area contributed by atoms with E-state index in [9.17, 15) is 9.18 Å². The summed E-state index contributed by atoms with van der Waals surface area (Å²) in [6.07, 6.45) is 10.1. The van der Waals surface area contributed by atoms with Crippen molar-refractivity contribution in [2.75, 3.05) is 12.4 Å². The number of hydrogen-bond donors (Lipinski definition) is 4. The third kappa shape index (κ3) is 5.51. The van der Waals surface area contributed by atoms with E-state index in [0.29, 0.717) is 45.3 Å². The highest BCUT2D eigenvalue weighted by Gasteiger charge is 2.23. The van der Waals surface area contributed by atoms with E-state index in [0.717, 1.165) is 24.9 Å². The van der Waals surface area contributed by atoms with Crippen LogP contribution >= 0.6 is 0 Å². The predicted octanol–water partition coefficient (Wildman–Crippen LogP) is 4.59. The molecule has 0 spiro atoms. The number of anilines is 1. The summed E-state index contributed by atoms with van der Waals surface area (Å²) in [6, 6.07) is 7.87. The minimum atomic E-state index is -0.482. The average Bonchev–Trinajstić information content (AvgIpc) is 3.62. The number of nitrogens with one attached hydrogen (secondary N) is 4. The number of aromatic amines is 1. The number of ether oxygens (including phenoxy) is 1. The number of imidazole rings is 1. The fraction of sp³-hybridized carbons (Fsp3) is 0.259. The van der Waals surface area contributed by atoms with Crippen LogP contribution in [0.1, 0.15) is 59.0 Å². The van der Waals surface area contributed by atoms with Gasteiger partial charge in [0.2, 0.25) is 5.88 Å². The second-order valence-electron chi connectivity index (χ2n) is 9.03. The lowest BCUT2D eigenvalue weighted by atomic mass is 10.0. The summed E-state index contributed by atoms with van der Waals surface area (Å²) in [5.41, 5.74) is 3.30. The van der Waals surface area contributed by atoms with Gasteiger partial charge in [-0.1, -0.05) is 12.8 Å². The van der Waals surface area contributed by atoms with Gasteiger partial charge in [-0.15, -0.1) is 0 Å². The molecular formula is C27H27FN8O2. The van der Waals surface area contributed by atoms with E-state index >= 15 is 0 Å². The molecule has 1 amide bonds. The third-order valence-electron chi connectivity index (χ3n) is 6.50. The lowest BCUT2D eigenvalue weighted by Crippen LogP contribution is -2.24. The van der Waals surface area contributed by atoms with Crippen LogP contribution in [0, 0.1) is 11.2 Å². The first-order valence-corrected chi connectivity index (χ1v) is 12.3. The van der Waals surface area contributed by atoms with Crippen molar-refractivity contribution in [3.8, 4) is 5.88 Å². The molecule has 3 aromatic heterocycles. The summed E-state index contributed by atoms with van der Waals surface area (Å²) in [6.45, 7) is 0.0693. The number of carbonyl (C=O) groups is 1. The van der Waals surface area contributed by atoms with Crippen LogP contribution in [-0.4, -0.2) is 44.2 Å². The van der Waals surface area contributed by atoms with Crippen LogP contribution < -0.4 is 15.4 Å². The van der Waals surface area contributed by atoms with E-state index in [2.05, 4.69) is 35.6 Å². The molecule has 3 heterocycles. The number of methoxy groups -OCH3 is 1. The highest BCUT2D eigenvalue weighted by Crippen LogP contribution is 2.33. The van der Waals surface area contributed by atoms with E-state index < -0.39 is 11.7 Å².